The van der Waals surface area contributed by atoms with Crippen molar-refractivity contribution in [2.24, 2.45) is 0 Å². The Hall–Kier alpha value is -2.29. The largest absolute Gasteiger partial charge is 0.335 e. The molecular formula is C20H23FN2O4S. The zero-order chi connectivity index (χ0) is 20.3. The van der Waals surface area contributed by atoms with Gasteiger partial charge in [0.1, 0.15) is 5.82 Å². The molecule has 1 aliphatic rings. The molecule has 1 aliphatic heterocycles. The van der Waals surface area contributed by atoms with E-state index in [0.717, 1.165) is 22.9 Å². The predicted octanol–water partition coefficient (Wildman–Crippen LogP) is 2.85. The van der Waals surface area contributed by atoms with Crippen LogP contribution in [-0.2, 0) is 21.3 Å². The van der Waals surface area contributed by atoms with Crippen molar-refractivity contribution in [3.8, 4) is 0 Å². The first-order valence-electron chi connectivity index (χ1n) is 9.01. The van der Waals surface area contributed by atoms with Crippen LogP contribution in [0.2, 0.25) is 0 Å². The molecule has 0 spiro atoms. The molecule has 150 valence electrons. The van der Waals surface area contributed by atoms with Crippen molar-refractivity contribution < 1.29 is 22.4 Å². The van der Waals surface area contributed by atoms with Crippen molar-refractivity contribution in [3.05, 3.63) is 65.5 Å². The highest BCUT2D eigenvalue weighted by Crippen LogP contribution is 2.25. The van der Waals surface area contributed by atoms with Crippen LogP contribution in [0.1, 0.15) is 28.8 Å². The quantitative estimate of drug-likeness (QED) is 0.692. The van der Waals surface area contributed by atoms with Crippen LogP contribution < -0.4 is 0 Å². The average Bonchev–Trinajstić information content (AvgIpc) is 3.14. The third kappa shape index (κ3) is 4.24. The molecule has 1 heterocycles. The van der Waals surface area contributed by atoms with E-state index in [2.05, 4.69) is 0 Å². The van der Waals surface area contributed by atoms with Gasteiger partial charge in [0.2, 0.25) is 0 Å². The summed E-state index contributed by atoms with van der Waals surface area (Å²) in [6.07, 6.45) is 2.25. The molecule has 0 saturated carbocycles. The molecule has 1 amide bonds. The normalized spacial score (nSPS) is 17.3. The molecule has 0 aliphatic carbocycles. The Morgan fingerprint density at radius 2 is 2.00 bits per heavy atom. The lowest BCUT2D eigenvalue weighted by atomic mass is 10.0. The Labute approximate surface area is 164 Å². The maximum absolute atomic E-state index is 13.5. The van der Waals surface area contributed by atoms with Gasteiger partial charge in [-0.3, -0.25) is 9.63 Å². The second-order valence-corrected chi connectivity index (χ2v) is 8.69. The Bertz CT molecular complexity index is 964. The Kier molecular flexibility index (Phi) is 6.12. The van der Waals surface area contributed by atoms with E-state index in [4.69, 9.17) is 4.84 Å². The van der Waals surface area contributed by atoms with Gasteiger partial charge >= 0.3 is 0 Å². The van der Waals surface area contributed by atoms with Crippen molar-refractivity contribution in [2.45, 2.75) is 30.2 Å². The molecule has 28 heavy (non-hydrogen) atoms. The van der Waals surface area contributed by atoms with Gasteiger partial charge in [-0.15, -0.1) is 0 Å². The zero-order valence-corrected chi connectivity index (χ0v) is 16.7. The highest BCUT2D eigenvalue weighted by molar-refractivity contribution is 7.89. The maximum atomic E-state index is 13.5. The highest BCUT2D eigenvalue weighted by atomic mass is 32.2. The van der Waals surface area contributed by atoms with E-state index in [-0.39, 0.29) is 22.7 Å². The van der Waals surface area contributed by atoms with Crippen molar-refractivity contribution in [1.29, 1.82) is 0 Å². The first kappa shape index (κ1) is 20.4. The van der Waals surface area contributed by atoms with Crippen molar-refractivity contribution in [2.75, 3.05) is 20.7 Å². The number of nitrogens with zero attached hydrogens (tertiary/aromatic N) is 2. The van der Waals surface area contributed by atoms with Gasteiger partial charge in [0.15, 0.2) is 0 Å². The SMILES string of the molecule is CON(C)S(=O)(=O)c1cccc(C(=O)N2CCCC2Cc2cccc(F)c2)c1. The van der Waals surface area contributed by atoms with Crippen LogP contribution in [0.3, 0.4) is 0 Å². The average molecular weight is 406 g/mol. The molecule has 2 aromatic rings. The van der Waals surface area contributed by atoms with Crippen LogP contribution >= 0.6 is 0 Å². The Balaban J connectivity index is 1.82. The number of carbonyl (C=O) groups excluding carboxylic acids is 1. The molecule has 3 rings (SSSR count). The summed E-state index contributed by atoms with van der Waals surface area (Å²) in [5.74, 6) is -0.524. The monoisotopic (exact) mass is 406 g/mol. The van der Waals surface area contributed by atoms with Crippen molar-refractivity contribution >= 4 is 15.9 Å². The van der Waals surface area contributed by atoms with Gasteiger partial charge in [-0.1, -0.05) is 22.7 Å². The number of carbonyl (C=O) groups is 1. The van der Waals surface area contributed by atoms with Gasteiger partial charge in [-0.2, -0.15) is 0 Å². The molecule has 6 nitrogen and oxygen atoms in total. The van der Waals surface area contributed by atoms with Gasteiger partial charge in [0, 0.05) is 25.2 Å². The van der Waals surface area contributed by atoms with E-state index in [9.17, 15) is 17.6 Å². The minimum absolute atomic E-state index is 0.0106. The number of amides is 1. The third-order valence-electron chi connectivity index (χ3n) is 4.97. The minimum Gasteiger partial charge on any atom is -0.335 e. The fourth-order valence-electron chi connectivity index (χ4n) is 3.45. The lowest BCUT2D eigenvalue weighted by Gasteiger charge is -2.25. The Morgan fingerprint density at radius 3 is 2.71 bits per heavy atom. The molecule has 2 aromatic carbocycles. The zero-order valence-electron chi connectivity index (χ0n) is 15.8. The van der Waals surface area contributed by atoms with E-state index in [0.29, 0.717) is 18.5 Å². The molecule has 1 saturated heterocycles. The first-order chi connectivity index (χ1) is 13.3. The number of sulfonamides is 1. The van der Waals surface area contributed by atoms with Gasteiger partial charge < -0.3 is 4.90 Å². The van der Waals surface area contributed by atoms with Gasteiger partial charge in [-0.05, 0) is 55.2 Å². The number of likely N-dealkylation sites (tertiary alicyclic amines) is 1. The molecule has 8 heteroatoms. The maximum Gasteiger partial charge on any atom is 0.264 e. The number of hydrogen-bond acceptors (Lipinski definition) is 4. The highest BCUT2D eigenvalue weighted by Gasteiger charge is 2.30. The topological polar surface area (TPSA) is 66.9 Å². The third-order valence-corrected chi connectivity index (χ3v) is 6.65. The summed E-state index contributed by atoms with van der Waals surface area (Å²) in [6, 6.07) is 12.3. The van der Waals surface area contributed by atoms with E-state index in [1.54, 1.807) is 23.1 Å². The number of hydroxylamine groups is 1. The van der Waals surface area contributed by atoms with Crippen LogP contribution in [0.15, 0.2) is 53.4 Å². The number of benzene rings is 2. The lowest BCUT2D eigenvalue weighted by Crippen LogP contribution is -2.37. The van der Waals surface area contributed by atoms with E-state index in [1.807, 2.05) is 6.07 Å². The summed E-state index contributed by atoms with van der Waals surface area (Å²) < 4.78 is 39.1. The molecule has 1 unspecified atom stereocenters. The fourth-order valence-corrected chi connectivity index (χ4v) is 4.47. The fraction of sp³-hybridized carbons (Fsp3) is 0.350. The summed E-state index contributed by atoms with van der Waals surface area (Å²) in [4.78, 5) is 19.6. The molecule has 0 radical (unpaired) electrons. The summed E-state index contributed by atoms with van der Waals surface area (Å²) in [5, 5.41) is 0. The van der Waals surface area contributed by atoms with Gasteiger partial charge in [-0.25, -0.2) is 12.8 Å². The van der Waals surface area contributed by atoms with E-state index in [1.165, 1.54) is 38.4 Å². The minimum atomic E-state index is -3.84. The molecule has 1 atom stereocenters. The summed E-state index contributed by atoms with van der Waals surface area (Å²) in [6.45, 7) is 0.591. The molecule has 0 aromatic heterocycles. The molecule has 1 fully saturated rings. The second kappa shape index (κ2) is 8.38. The van der Waals surface area contributed by atoms with E-state index < -0.39 is 10.0 Å². The standard InChI is InChI=1S/C20H23FN2O4S/c1-22(27-2)28(25,26)19-10-4-7-16(14-19)20(24)23-11-5-9-18(23)13-15-6-3-8-17(21)12-15/h3-4,6-8,10,12,14,18H,5,9,11,13H2,1-2H3. The molecular weight excluding hydrogens is 383 g/mol. The number of hydrogen-bond donors (Lipinski definition) is 0. The number of rotatable bonds is 6. The van der Waals surface area contributed by atoms with Gasteiger partial charge in [0.05, 0.1) is 12.0 Å². The second-order valence-electron chi connectivity index (χ2n) is 6.75. The molecule has 0 N–H and O–H groups in total. The summed E-state index contributed by atoms with van der Waals surface area (Å²) in [5.41, 5.74) is 1.14. The Morgan fingerprint density at radius 1 is 1.25 bits per heavy atom. The van der Waals surface area contributed by atoms with Crippen LogP contribution in [0, 0.1) is 5.82 Å². The summed E-state index contributed by atoms with van der Waals surface area (Å²) >= 11 is 0. The van der Waals surface area contributed by atoms with Crippen LogP contribution in [0.4, 0.5) is 4.39 Å². The van der Waals surface area contributed by atoms with Gasteiger partial charge in [0.25, 0.3) is 15.9 Å². The number of halogens is 1. The predicted molar refractivity (Wildman–Crippen MR) is 103 cm³/mol. The lowest BCUT2D eigenvalue weighted by molar-refractivity contribution is -0.0258. The van der Waals surface area contributed by atoms with Crippen LogP contribution in [0.25, 0.3) is 0 Å². The van der Waals surface area contributed by atoms with Crippen molar-refractivity contribution in [1.82, 2.24) is 9.37 Å². The summed E-state index contributed by atoms with van der Waals surface area (Å²) in [7, 11) is -1.29. The van der Waals surface area contributed by atoms with Crippen LogP contribution in [-0.4, -0.2) is 50.4 Å². The smallest absolute Gasteiger partial charge is 0.264 e. The van der Waals surface area contributed by atoms with Crippen molar-refractivity contribution in [3.63, 3.8) is 0 Å². The first-order valence-corrected chi connectivity index (χ1v) is 10.5. The molecule has 0 bridgehead atoms. The van der Waals surface area contributed by atoms with E-state index >= 15 is 0 Å². The van der Waals surface area contributed by atoms with Crippen LogP contribution in [0.5, 0.6) is 0 Å².